The van der Waals surface area contributed by atoms with Crippen LogP contribution in [0.4, 0.5) is 17.1 Å². The van der Waals surface area contributed by atoms with Crippen molar-refractivity contribution in [2.75, 3.05) is 15.5 Å². The SMILES string of the molecule is Cc1ccc(NC(=O)c2ccc(NC3=C(Cl)C(=O)N(c4cccc(Cl)c4Cl)C3=O)cc2)cc1. The van der Waals surface area contributed by atoms with Crippen LogP contribution in [0.15, 0.2) is 77.5 Å². The number of anilines is 3. The zero-order valence-electron chi connectivity index (χ0n) is 17.2. The number of halogens is 3. The number of imide groups is 1. The number of carbonyl (C=O) groups excluding carboxylic acids is 3. The van der Waals surface area contributed by atoms with Crippen LogP contribution in [-0.4, -0.2) is 17.7 Å². The number of nitrogens with zero attached hydrogens (tertiary/aromatic N) is 1. The zero-order valence-corrected chi connectivity index (χ0v) is 19.4. The lowest BCUT2D eigenvalue weighted by Crippen LogP contribution is -2.32. The van der Waals surface area contributed by atoms with E-state index >= 15 is 0 Å². The number of hydrogen-bond donors (Lipinski definition) is 2. The molecule has 1 aliphatic rings. The molecule has 1 heterocycles. The lowest BCUT2D eigenvalue weighted by Gasteiger charge is -2.17. The van der Waals surface area contributed by atoms with E-state index in [2.05, 4.69) is 10.6 Å². The largest absolute Gasteiger partial charge is 0.350 e. The third-order valence-corrected chi connectivity index (χ3v) is 6.08. The van der Waals surface area contributed by atoms with E-state index in [4.69, 9.17) is 34.8 Å². The van der Waals surface area contributed by atoms with Crippen molar-refractivity contribution in [2.45, 2.75) is 6.92 Å². The molecule has 0 bridgehead atoms. The summed E-state index contributed by atoms with van der Waals surface area (Å²) in [6, 6.07) is 18.4. The van der Waals surface area contributed by atoms with Crippen LogP contribution in [0.25, 0.3) is 0 Å². The molecule has 166 valence electrons. The third-order valence-electron chi connectivity index (χ3n) is 4.93. The number of rotatable bonds is 5. The maximum Gasteiger partial charge on any atom is 0.283 e. The molecule has 0 aromatic heterocycles. The molecule has 1 aliphatic heterocycles. The van der Waals surface area contributed by atoms with Crippen LogP contribution in [-0.2, 0) is 9.59 Å². The van der Waals surface area contributed by atoms with E-state index in [-0.39, 0.29) is 32.4 Å². The van der Waals surface area contributed by atoms with Crippen molar-refractivity contribution in [3.63, 3.8) is 0 Å². The molecule has 33 heavy (non-hydrogen) atoms. The van der Waals surface area contributed by atoms with Gasteiger partial charge in [-0.1, -0.05) is 58.6 Å². The number of nitrogens with one attached hydrogen (secondary N) is 2. The second-order valence-corrected chi connectivity index (χ2v) is 8.39. The number of carbonyl (C=O) groups is 3. The summed E-state index contributed by atoms with van der Waals surface area (Å²) in [4.78, 5) is 38.9. The summed E-state index contributed by atoms with van der Waals surface area (Å²) < 4.78 is 0. The van der Waals surface area contributed by atoms with E-state index in [1.54, 1.807) is 36.4 Å². The summed E-state index contributed by atoms with van der Waals surface area (Å²) in [5.74, 6) is -1.67. The van der Waals surface area contributed by atoms with Gasteiger partial charge in [0, 0.05) is 16.9 Å². The Hall–Kier alpha value is -3.32. The van der Waals surface area contributed by atoms with Gasteiger partial charge in [0.25, 0.3) is 17.7 Å². The highest BCUT2D eigenvalue weighted by molar-refractivity contribution is 6.54. The van der Waals surface area contributed by atoms with E-state index in [1.165, 1.54) is 6.07 Å². The van der Waals surface area contributed by atoms with Gasteiger partial charge in [-0.05, 0) is 55.5 Å². The molecule has 0 saturated heterocycles. The van der Waals surface area contributed by atoms with Gasteiger partial charge in [0.1, 0.15) is 10.7 Å². The highest BCUT2D eigenvalue weighted by Gasteiger charge is 2.40. The normalized spacial score (nSPS) is 13.5. The summed E-state index contributed by atoms with van der Waals surface area (Å²) in [6.45, 7) is 1.96. The minimum absolute atomic E-state index is 0.0653. The molecular formula is C24H16Cl3N3O3. The predicted molar refractivity (Wildman–Crippen MR) is 131 cm³/mol. The van der Waals surface area contributed by atoms with Crippen LogP contribution in [0.5, 0.6) is 0 Å². The maximum absolute atomic E-state index is 12.9. The van der Waals surface area contributed by atoms with Crippen molar-refractivity contribution in [3.05, 3.63) is 98.6 Å². The van der Waals surface area contributed by atoms with Gasteiger partial charge in [0.05, 0.1) is 15.7 Å². The molecule has 3 aromatic carbocycles. The standard InChI is InChI=1S/C24H16Cl3N3O3/c1-13-5-9-16(10-6-13)29-22(31)14-7-11-15(12-8-14)28-21-20(27)23(32)30(24(21)33)18-4-2-3-17(25)19(18)26/h2-12,28H,1H3,(H,29,31). The van der Waals surface area contributed by atoms with Crippen LogP contribution in [0, 0.1) is 6.92 Å². The lowest BCUT2D eigenvalue weighted by atomic mass is 10.1. The predicted octanol–water partition coefficient (Wildman–Crippen LogP) is 5.99. The second kappa shape index (κ2) is 9.27. The molecular weight excluding hydrogens is 485 g/mol. The second-order valence-electron chi connectivity index (χ2n) is 7.23. The van der Waals surface area contributed by atoms with E-state index in [1.807, 2.05) is 31.2 Å². The van der Waals surface area contributed by atoms with Crippen LogP contribution >= 0.6 is 34.8 Å². The van der Waals surface area contributed by atoms with Gasteiger partial charge in [-0.25, -0.2) is 4.90 Å². The van der Waals surface area contributed by atoms with Gasteiger partial charge < -0.3 is 10.6 Å². The van der Waals surface area contributed by atoms with Crippen molar-refractivity contribution < 1.29 is 14.4 Å². The third kappa shape index (κ3) is 4.59. The van der Waals surface area contributed by atoms with E-state index in [0.29, 0.717) is 16.9 Å². The molecule has 9 heteroatoms. The van der Waals surface area contributed by atoms with Gasteiger partial charge >= 0.3 is 0 Å². The van der Waals surface area contributed by atoms with Crippen molar-refractivity contribution >= 4 is 69.6 Å². The van der Waals surface area contributed by atoms with Gasteiger partial charge in [0.15, 0.2) is 0 Å². The fourth-order valence-electron chi connectivity index (χ4n) is 3.18. The molecule has 4 rings (SSSR count). The Morgan fingerprint density at radius 3 is 2.12 bits per heavy atom. The molecule has 0 unspecified atom stereocenters. The summed E-state index contributed by atoms with van der Waals surface area (Å²) in [7, 11) is 0. The smallest absolute Gasteiger partial charge is 0.283 e. The Morgan fingerprint density at radius 2 is 1.45 bits per heavy atom. The molecule has 3 amide bonds. The molecule has 3 aromatic rings. The van der Waals surface area contributed by atoms with E-state index in [0.717, 1.165) is 10.5 Å². The zero-order chi connectivity index (χ0) is 23.7. The quantitative estimate of drug-likeness (QED) is 0.422. The Labute approximate surface area is 204 Å². The highest BCUT2D eigenvalue weighted by atomic mass is 35.5. The van der Waals surface area contributed by atoms with Crippen LogP contribution < -0.4 is 15.5 Å². The van der Waals surface area contributed by atoms with Crippen LogP contribution in [0.3, 0.4) is 0 Å². The molecule has 0 saturated carbocycles. The first-order chi connectivity index (χ1) is 15.8. The van der Waals surface area contributed by atoms with Crippen molar-refractivity contribution in [1.29, 1.82) is 0 Å². The van der Waals surface area contributed by atoms with Crippen molar-refractivity contribution in [3.8, 4) is 0 Å². The number of benzene rings is 3. The molecule has 0 atom stereocenters. The average molecular weight is 501 g/mol. The lowest BCUT2D eigenvalue weighted by molar-refractivity contribution is -0.120. The monoisotopic (exact) mass is 499 g/mol. The number of amides is 3. The van der Waals surface area contributed by atoms with Gasteiger partial charge in [-0.2, -0.15) is 0 Å². The molecule has 0 aliphatic carbocycles. The minimum Gasteiger partial charge on any atom is -0.350 e. The Morgan fingerprint density at radius 1 is 0.818 bits per heavy atom. The Balaban J connectivity index is 1.50. The van der Waals surface area contributed by atoms with Gasteiger partial charge in [-0.15, -0.1) is 0 Å². The average Bonchev–Trinajstić information content (AvgIpc) is 3.01. The molecule has 6 nitrogen and oxygen atoms in total. The van der Waals surface area contributed by atoms with Crippen molar-refractivity contribution in [1.82, 2.24) is 0 Å². The van der Waals surface area contributed by atoms with Crippen LogP contribution in [0.1, 0.15) is 15.9 Å². The topological polar surface area (TPSA) is 78.5 Å². The highest BCUT2D eigenvalue weighted by Crippen LogP contribution is 2.37. The minimum atomic E-state index is -0.720. The Kier molecular flexibility index (Phi) is 6.42. The Bertz CT molecular complexity index is 1300. The summed E-state index contributed by atoms with van der Waals surface area (Å²) in [5.41, 5.74) is 2.69. The fourth-order valence-corrected chi connectivity index (χ4v) is 3.78. The summed E-state index contributed by atoms with van der Waals surface area (Å²) in [6.07, 6.45) is 0. The van der Waals surface area contributed by atoms with E-state index < -0.39 is 11.8 Å². The van der Waals surface area contributed by atoms with Crippen molar-refractivity contribution in [2.24, 2.45) is 0 Å². The first-order valence-electron chi connectivity index (χ1n) is 9.74. The fraction of sp³-hybridized carbons (Fsp3) is 0.0417. The first kappa shape index (κ1) is 22.9. The maximum atomic E-state index is 12.9. The first-order valence-corrected chi connectivity index (χ1v) is 10.9. The summed E-state index contributed by atoms with van der Waals surface area (Å²) >= 11 is 18.3. The summed E-state index contributed by atoms with van der Waals surface area (Å²) in [5, 5.41) is 5.65. The molecule has 0 fully saturated rings. The molecule has 2 N–H and O–H groups in total. The number of hydrogen-bond acceptors (Lipinski definition) is 4. The van der Waals surface area contributed by atoms with Gasteiger partial charge in [0.2, 0.25) is 0 Å². The number of aryl methyl sites for hydroxylation is 1. The molecule has 0 radical (unpaired) electrons. The van der Waals surface area contributed by atoms with Crippen LogP contribution in [0.2, 0.25) is 10.0 Å². The van der Waals surface area contributed by atoms with Gasteiger partial charge in [-0.3, -0.25) is 14.4 Å². The molecule has 0 spiro atoms. The van der Waals surface area contributed by atoms with E-state index in [9.17, 15) is 14.4 Å².